The molecule has 0 spiro atoms. The Kier molecular flexibility index (Phi) is 5.72. The summed E-state index contributed by atoms with van der Waals surface area (Å²) in [6.45, 7) is 2.42. The molecule has 4 aromatic rings. The minimum atomic E-state index is -0.427. The lowest BCUT2D eigenvalue weighted by atomic mass is 9.94. The standard InChI is InChI=1S/C30H25NO3/c1-20-9-7-12-23(28(20)22-11-8-10-21(17-22)19-32)18-31(2)30(33)34-29-26-15-5-3-13-24(26)25-14-4-6-16-27(25)29/h3-17,19,29H,18H2,1-2H3. The molecule has 0 saturated carbocycles. The summed E-state index contributed by atoms with van der Waals surface area (Å²) >= 11 is 0. The van der Waals surface area contributed by atoms with Gasteiger partial charge in [0.15, 0.2) is 6.10 Å². The Labute approximate surface area is 199 Å². The highest BCUT2D eigenvalue weighted by molar-refractivity contribution is 5.81. The molecule has 0 aliphatic heterocycles. The Morgan fingerprint density at radius 3 is 2.21 bits per heavy atom. The fraction of sp³-hybridized carbons (Fsp3) is 0.133. The van der Waals surface area contributed by atoms with Crippen molar-refractivity contribution in [3.8, 4) is 22.3 Å². The Morgan fingerprint density at radius 2 is 1.53 bits per heavy atom. The topological polar surface area (TPSA) is 46.6 Å². The zero-order chi connectivity index (χ0) is 23.7. The van der Waals surface area contributed by atoms with E-state index in [2.05, 4.69) is 12.1 Å². The van der Waals surface area contributed by atoms with E-state index in [9.17, 15) is 9.59 Å². The number of amides is 1. The van der Waals surface area contributed by atoms with Gasteiger partial charge in [0.25, 0.3) is 0 Å². The van der Waals surface area contributed by atoms with E-state index >= 15 is 0 Å². The summed E-state index contributed by atoms with van der Waals surface area (Å²) < 4.78 is 6.05. The molecule has 168 valence electrons. The van der Waals surface area contributed by atoms with Crippen molar-refractivity contribution in [1.29, 1.82) is 0 Å². The van der Waals surface area contributed by atoms with Gasteiger partial charge in [-0.2, -0.15) is 0 Å². The number of ether oxygens (including phenoxy) is 1. The molecule has 4 nitrogen and oxygen atoms in total. The van der Waals surface area contributed by atoms with Crippen molar-refractivity contribution in [3.05, 3.63) is 119 Å². The molecule has 1 amide bonds. The highest BCUT2D eigenvalue weighted by Gasteiger charge is 2.32. The van der Waals surface area contributed by atoms with Crippen LogP contribution in [0.15, 0.2) is 91.0 Å². The molecule has 4 heteroatoms. The fourth-order valence-electron chi connectivity index (χ4n) is 4.79. The van der Waals surface area contributed by atoms with Crippen molar-refractivity contribution in [2.24, 2.45) is 0 Å². The van der Waals surface area contributed by atoms with Crippen LogP contribution in [0, 0.1) is 6.92 Å². The Balaban J connectivity index is 1.41. The summed E-state index contributed by atoms with van der Waals surface area (Å²) in [4.78, 5) is 26.1. The van der Waals surface area contributed by atoms with Gasteiger partial charge >= 0.3 is 6.09 Å². The van der Waals surface area contributed by atoms with Gasteiger partial charge in [0, 0.05) is 30.3 Å². The number of aldehydes is 1. The number of benzene rings is 4. The van der Waals surface area contributed by atoms with Crippen molar-refractivity contribution in [2.45, 2.75) is 19.6 Å². The minimum absolute atomic E-state index is 0.384. The van der Waals surface area contributed by atoms with Crippen molar-refractivity contribution >= 4 is 12.4 Å². The first-order valence-corrected chi connectivity index (χ1v) is 11.3. The molecule has 0 radical (unpaired) electrons. The Hall–Kier alpha value is -4.18. The first-order valence-electron chi connectivity index (χ1n) is 11.3. The van der Waals surface area contributed by atoms with Crippen LogP contribution >= 0.6 is 0 Å². The van der Waals surface area contributed by atoms with E-state index < -0.39 is 6.10 Å². The summed E-state index contributed by atoms with van der Waals surface area (Å²) in [6, 6.07) is 29.7. The van der Waals surface area contributed by atoms with E-state index in [1.165, 1.54) is 0 Å². The zero-order valence-corrected chi connectivity index (χ0v) is 19.2. The molecule has 0 fully saturated rings. The van der Waals surface area contributed by atoms with E-state index in [0.29, 0.717) is 12.1 Å². The van der Waals surface area contributed by atoms with Gasteiger partial charge in [0.1, 0.15) is 6.29 Å². The van der Waals surface area contributed by atoms with E-state index in [1.807, 2.05) is 79.7 Å². The maximum atomic E-state index is 13.2. The molecule has 1 aliphatic carbocycles. The van der Waals surface area contributed by atoms with Gasteiger partial charge < -0.3 is 9.64 Å². The van der Waals surface area contributed by atoms with Crippen LogP contribution in [-0.4, -0.2) is 24.3 Å². The van der Waals surface area contributed by atoms with Crippen LogP contribution in [0.2, 0.25) is 0 Å². The zero-order valence-electron chi connectivity index (χ0n) is 19.2. The average Bonchev–Trinajstić information content (AvgIpc) is 3.18. The van der Waals surface area contributed by atoms with Crippen molar-refractivity contribution in [3.63, 3.8) is 0 Å². The average molecular weight is 448 g/mol. The lowest BCUT2D eigenvalue weighted by Crippen LogP contribution is -2.28. The third kappa shape index (κ3) is 3.88. The Bertz CT molecular complexity index is 1350. The predicted octanol–water partition coefficient (Wildman–Crippen LogP) is 6.81. The number of fused-ring (bicyclic) bond motifs is 3. The number of aryl methyl sites for hydroxylation is 1. The molecule has 0 aromatic heterocycles. The molecule has 1 aliphatic rings. The first kappa shape index (κ1) is 21.7. The van der Waals surface area contributed by atoms with E-state index in [4.69, 9.17) is 4.74 Å². The first-order chi connectivity index (χ1) is 16.6. The lowest BCUT2D eigenvalue weighted by Gasteiger charge is -2.23. The molecular weight excluding hydrogens is 422 g/mol. The smallest absolute Gasteiger partial charge is 0.410 e. The number of hydrogen-bond donors (Lipinski definition) is 0. The van der Waals surface area contributed by atoms with Gasteiger partial charge in [0.2, 0.25) is 0 Å². The summed E-state index contributed by atoms with van der Waals surface area (Å²) in [5.74, 6) is 0. The molecule has 0 saturated heterocycles. The molecule has 5 rings (SSSR count). The summed E-state index contributed by atoms with van der Waals surface area (Å²) in [6.07, 6.45) is 0.0385. The molecule has 0 heterocycles. The largest absolute Gasteiger partial charge is 0.436 e. The maximum absolute atomic E-state index is 13.2. The van der Waals surface area contributed by atoms with E-state index in [-0.39, 0.29) is 6.09 Å². The van der Waals surface area contributed by atoms with Crippen LogP contribution in [0.25, 0.3) is 22.3 Å². The molecular formula is C30H25NO3. The van der Waals surface area contributed by atoms with Crippen LogP contribution in [0.1, 0.15) is 38.7 Å². The van der Waals surface area contributed by atoms with Crippen LogP contribution in [0.4, 0.5) is 4.79 Å². The van der Waals surface area contributed by atoms with Gasteiger partial charge in [-0.15, -0.1) is 0 Å². The monoisotopic (exact) mass is 447 g/mol. The second kappa shape index (κ2) is 8.99. The number of hydrogen-bond acceptors (Lipinski definition) is 3. The molecule has 34 heavy (non-hydrogen) atoms. The van der Waals surface area contributed by atoms with Crippen LogP contribution in [0.3, 0.4) is 0 Å². The maximum Gasteiger partial charge on any atom is 0.410 e. The van der Waals surface area contributed by atoms with Crippen LogP contribution < -0.4 is 0 Å². The summed E-state index contributed by atoms with van der Waals surface area (Å²) in [7, 11) is 1.75. The van der Waals surface area contributed by atoms with E-state index in [1.54, 1.807) is 18.0 Å². The molecule has 0 unspecified atom stereocenters. The van der Waals surface area contributed by atoms with Crippen molar-refractivity contribution in [2.75, 3.05) is 7.05 Å². The molecule has 0 bridgehead atoms. The second-order valence-electron chi connectivity index (χ2n) is 8.65. The fourth-order valence-corrected chi connectivity index (χ4v) is 4.79. The SMILES string of the molecule is Cc1cccc(CN(C)C(=O)OC2c3ccccc3-c3ccccc32)c1-c1cccc(C=O)c1. The highest BCUT2D eigenvalue weighted by Crippen LogP contribution is 2.45. The Morgan fingerprint density at radius 1 is 0.882 bits per heavy atom. The summed E-state index contributed by atoms with van der Waals surface area (Å²) in [5.41, 5.74) is 8.91. The highest BCUT2D eigenvalue weighted by atomic mass is 16.6. The molecule has 0 N–H and O–H groups in total. The number of rotatable bonds is 5. The van der Waals surface area contributed by atoms with Gasteiger partial charge in [-0.1, -0.05) is 84.9 Å². The number of carbonyl (C=O) groups is 2. The van der Waals surface area contributed by atoms with Crippen molar-refractivity contribution in [1.82, 2.24) is 4.90 Å². The third-order valence-corrected chi connectivity index (χ3v) is 6.39. The second-order valence-corrected chi connectivity index (χ2v) is 8.65. The van der Waals surface area contributed by atoms with Gasteiger partial charge in [-0.3, -0.25) is 4.79 Å². The number of carbonyl (C=O) groups excluding carboxylic acids is 2. The quantitative estimate of drug-likeness (QED) is 0.316. The third-order valence-electron chi connectivity index (χ3n) is 6.39. The van der Waals surface area contributed by atoms with Gasteiger partial charge in [0.05, 0.1) is 0 Å². The van der Waals surface area contributed by atoms with Gasteiger partial charge in [-0.25, -0.2) is 4.79 Å². The van der Waals surface area contributed by atoms with E-state index in [0.717, 1.165) is 50.8 Å². The van der Waals surface area contributed by atoms with Crippen molar-refractivity contribution < 1.29 is 14.3 Å². The van der Waals surface area contributed by atoms with Gasteiger partial charge in [-0.05, 0) is 46.4 Å². The van der Waals surface area contributed by atoms with Crippen LogP contribution in [-0.2, 0) is 11.3 Å². The molecule has 0 atom stereocenters. The minimum Gasteiger partial charge on any atom is -0.436 e. The van der Waals surface area contributed by atoms with Crippen LogP contribution in [0.5, 0.6) is 0 Å². The lowest BCUT2D eigenvalue weighted by molar-refractivity contribution is 0.0844. The normalized spacial score (nSPS) is 12.1. The molecule has 4 aromatic carbocycles. The predicted molar refractivity (Wildman–Crippen MR) is 134 cm³/mol. The summed E-state index contributed by atoms with van der Waals surface area (Å²) in [5, 5.41) is 0. The number of nitrogens with zero attached hydrogens (tertiary/aromatic N) is 1.